The second kappa shape index (κ2) is 11.3. The second-order valence-corrected chi connectivity index (χ2v) is 5.96. The van der Waals surface area contributed by atoms with E-state index in [0.717, 1.165) is 0 Å². The van der Waals surface area contributed by atoms with Gasteiger partial charge in [-0.1, -0.05) is 17.7 Å². The lowest BCUT2D eigenvalue weighted by atomic mass is 10.0. The number of amides is 1. The molecule has 0 aliphatic rings. The SMILES string of the molecule is C=CCOCC(CCNC(=O)OC(C)(C)C)CC(=O)OCCl. The van der Waals surface area contributed by atoms with Crippen molar-refractivity contribution in [2.45, 2.75) is 39.2 Å². The van der Waals surface area contributed by atoms with Gasteiger partial charge in [0.2, 0.25) is 0 Å². The summed E-state index contributed by atoms with van der Waals surface area (Å²) in [6.07, 6.45) is 1.89. The molecule has 0 heterocycles. The molecule has 22 heavy (non-hydrogen) atoms. The van der Waals surface area contributed by atoms with Crippen LogP contribution in [0.25, 0.3) is 0 Å². The maximum Gasteiger partial charge on any atom is 0.407 e. The average Bonchev–Trinajstić information content (AvgIpc) is 2.36. The Bertz CT molecular complexity index is 354. The molecule has 0 bridgehead atoms. The Hall–Kier alpha value is -1.27. The van der Waals surface area contributed by atoms with E-state index in [-0.39, 0.29) is 24.4 Å². The van der Waals surface area contributed by atoms with Gasteiger partial charge in [0.15, 0.2) is 6.07 Å². The van der Waals surface area contributed by atoms with Crippen LogP contribution in [0.15, 0.2) is 12.7 Å². The van der Waals surface area contributed by atoms with E-state index in [2.05, 4.69) is 11.9 Å². The van der Waals surface area contributed by atoms with Crippen molar-refractivity contribution < 1.29 is 23.8 Å². The van der Waals surface area contributed by atoms with E-state index < -0.39 is 11.7 Å². The molecule has 0 saturated heterocycles. The first-order valence-corrected chi connectivity index (χ1v) is 7.69. The molecule has 6 nitrogen and oxygen atoms in total. The molecule has 1 amide bonds. The number of halogens is 1. The van der Waals surface area contributed by atoms with E-state index in [1.54, 1.807) is 26.8 Å². The van der Waals surface area contributed by atoms with Gasteiger partial charge < -0.3 is 19.5 Å². The van der Waals surface area contributed by atoms with Crippen molar-refractivity contribution in [2.75, 3.05) is 25.8 Å². The van der Waals surface area contributed by atoms with E-state index in [9.17, 15) is 9.59 Å². The van der Waals surface area contributed by atoms with Crippen molar-refractivity contribution in [3.63, 3.8) is 0 Å². The fourth-order valence-corrected chi connectivity index (χ4v) is 1.73. The summed E-state index contributed by atoms with van der Waals surface area (Å²) < 4.78 is 15.2. The molecule has 0 aromatic rings. The van der Waals surface area contributed by atoms with E-state index in [0.29, 0.717) is 26.2 Å². The van der Waals surface area contributed by atoms with Gasteiger partial charge >= 0.3 is 12.1 Å². The smallest absolute Gasteiger partial charge is 0.407 e. The Labute approximate surface area is 137 Å². The summed E-state index contributed by atoms with van der Waals surface area (Å²) in [5, 5.41) is 2.65. The predicted molar refractivity (Wildman–Crippen MR) is 84.8 cm³/mol. The average molecular weight is 336 g/mol. The van der Waals surface area contributed by atoms with Crippen LogP contribution in [-0.4, -0.2) is 43.5 Å². The highest BCUT2D eigenvalue weighted by atomic mass is 35.5. The fourth-order valence-electron chi connectivity index (χ4n) is 1.61. The zero-order valence-corrected chi connectivity index (χ0v) is 14.3. The van der Waals surface area contributed by atoms with Crippen molar-refractivity contribution >= 4 is 23.7 Å². The molecule has 0 spiro atoms. The number of alkyl halides is 1. The lowest BCUT2D eigenvalue weighted by Crippen LogP contribution is -2.34. The monoisotopic (exact) mass is 335 g/mol. The van der Waals surface area contributed by atoms with Gasteiger partial charge in [-0.3, -0.25) is 4.79 Å². The van der Waals surface area contributed by atoms with Crippen LogP contribution in [0.5, 0.6) is 0 Å². The second-order valence-electron chi connectivity index (χ2n) is 5.74. The summed E-state index contributed by atoms with van der Waals surface area (Å²) in [4.78, 5) is 23.0. The maximum atomic E-state index is 11.5. The third-order valence-corrected chi connectivity index (χ3v) is 2.59. The number of carbonyl (C=O) groups is 2. The van der Waals surface area contributed by atoms with E-state index in [4.69, 9.17) is 25.8 Å². The summed E-state index contributed by atoms with van der Waals surface area (Å²) >= 11 is 5.35. The molecule has 0 aliphatic carbocycles. The molecule has 1 N–H and O–H groups in total. The number of rotatable bonds is 10. The highest BCUT2D eigenvalue weighted by molar-refractivity contribution is 6.17. The lowest BCUT2D eigenvalue weighted by Gasteiger charge is -2.20. The Balaban J connectivity index is 4.18. The number of carbonyl (C=O) groups excluding carboxylic acids is 2. The van der Waals surface area contributed by atoms with Gasteiger partial charge in [0.1, 0.15) is 5.60 Å². The van der Waals surface area contributed by atoms with Crippen molar-refractivity contribution in [1.82, 2.24) is 5.32 Å². The Morgan fingerprint density at radius 2 is 2.05 bits per heavy atom. The normalized spacial score (nSPS) is 12.4. The number of hydrogen-bond acceptors (Lipinski definition) is 5. The Morgan fingerprint density at radius 1 is 1.36 bits per heavy atom. The Morgan fingerprint density at radius 3 is 2.59 bits per heavy atom. The minimum absolute atomic E-state index is 0.0781. The fraction of sp³-hybridized carbons (Fsp3) is 0.733. The van der Waals surface area contributed by atoms with Crippen LogP contribution in [0.3, 0.4) is 0 Å². The predicted octanol–water partition coefficient (Wildman–Crippen LogP) is 2.85. The third kappa shape index (κ3) is 12.5. The number of esters is 1. The highest BCUT2D eigenvalue weighted by Crippen LogP contribution is 2.11. The van der Waals surface area contributed by atoms with Gasteiger partial charge in [-0.2, -0.15) is 0 Å². The maximum absolute atomic E-state index is 11.5. The van der Waals surface area contributed by atoms with Gasteiger partial charge in [-0.25, -0.2) is 4.79 Å². The van der Waals surface area contributed by atoms with Crippen LogP contribution in [0.4, 0.5) is 4.79 Å². The van der Waals surface area contributed by atoms with Crippen molar-refractivity contribution in [2.24, 2.45) is 5.92 Å². The highest BCUT2D eigenvalue weighted by Gasteiger charge is 2.18. The standard InChI is InChI=1S/C15H26ClNO5/c1-5-8-20-10-12(9-13(18)21-11-16)6-7-17-14(19)22-15(2,3)4/h5,12H,1,6-11H2,2-4H3,(H,17,19). The summed E-state index contributed by atoms with van der Waals surface area (Å²) in [7, 11) is 0. The molecule has 0 saturated carbocycles. The molecule has 0 aromatic heterocycles. The van der Waals surface area contributed by atoms with E-state index in [1.165, 1.54) is 0 Å². The van der Waals surface area contributed by atoms with Gasteiger partial charge in [-0.15, -0.1) is 6.58 Å². The summed E-state index contributed by atoms with van der Waals surface area (Å²) in [5.41, 5.74) is -0.541. The van der Waals surface area contributed by atoms with Gasteiger partial charge in [0.25, 0.3) is 0 Å². The number of ether oxygens (including phenoxy) is 3. The summed E-state index contributed by atoms with van der Waals surface area (Å²) in [6.45, 7) is 10.1. The first kappa shape index (κ1) is 20.7. The topological polar surface area (TPSA) is 73.9 Å². The van der Waals surface area contributed by atoms with Gasteiger partial charge in [0.05, 0.1) is 19.6 Å². The van der Waals surface area contributed by atoms with Crippen molar-refractivity contribution in [3.8, 4) is 0 Å². The minimum atomic E-state index is -0.541. The number of alkyl carbamates (subject to hydrolysis) is 1. The first-order chi connectivity index (χ1) is 10.3. The lowest BCUT2D eigenvalue weighted by molar-refractivity contribution is -0.143. The van der Waals surface area contributed by atoms with Crippen LogP contribution in [0.1, 0.15) is 33.6 Å². The molecule has 128 valence electrons. The zero-order chi connectivity index (χ0) is 17.0. The van der Waals surface area contributed by atoms with Crippen molar-refractivity contribution in [3.05, 3.63) is 12.7 Å². The summed E-state index contributed by atoms with van der Waals surface area (Å²) in [5.74, 6) is -0.468. The quantitative estimate of drug-likeness (QED) is 0.287. The molecular weight excluding hydrogens is 310 g/mol. The zero-order valence-electron chi connectivity index (χ0n) is 13.5. The largest absolute Gasteiger partial charge is 0.449 e. The molecular formula is C15H26ClNO5. The van der Waals surface area contributed by atoms with Crippen LogP contribution in [-0.2, 0) is 19.0 Å². The van der Waals surface area contributed by atoms with Gasteiger partial charge in [0, 0.05) is 6.54 Å². The number of nitrogens with one attached hydrogen (secondary N) is 1. The van der Waals surface area contributed by atoms with Gasteiger partial charge in [-0.05, 0) is 33.1 Å². The minimum Gasteiger partial charge on any atom is -0.449 e. The van der Waals surface area contributed by atoms with Crippen molar-refractivity contribution in [1.29, 1.82) is 0 Å². The van der Waals surface area contributed by atoms with Crippen LogP contribution < -0.4 is 5.32 Å². The van der Waals surface area contributed by atoms with E-state index in [1.807, 2.05) is 0 Å². The number of hydrogen-bond donors (Lipinski definition) is 1. The van der Waals surface area contributed by atoms with Crippen LogP contribution >= 0.6 is 11.6 Å². The van der Waals surface area contributed by atoms with E-state index >= 15 is 0 Å². The molecule has 0 rings (SSSR count). The molecule has 0 fully saturated rings. The molecule has 0 radical (unpaired) electrons. The van der Waals surface area contributed by atoms with Crippen LogP contribution in [0.2, 0.25) is 0 Å². The first-order valence-electron chi connectivity index (χ1n) is 7.15. The Kier molecular flexibility index (Phi) is 10.7. The molecule has 7 heteroatoms. The van der Waals surface area contributed by atoms with Crippen LogP contribution in [0, 0.1) is 5.92 Å². The molecule has 0 aliphatic heterocycles. The molecule has 1 atom stereocenters. The third-order valence-electron chi connectivity index (χ3n) is 2.48. The summed E-state index contributed by atoms with van der Waals surface area (Å²) in [6, 6.07) is -0.171. The molecule has 1 unspecified atom stereocenters. The molecule has 0 aromatic carbocycles.